The van der Waals surface area contributed by atoms with E-state index in [-0.39, 0.29) is 0 Å². The largest absolute Gasteiger partial charge is 0.371 e. The Hall–Kier alpha value is -1.03. The zero-order valence-corrected chi connectivity index (χ0v) is 7.28. The van der Waals surface area contributed by atoms with Gasteiger partial charge in [0, 0.05) is 31.3 Å². The van der Waals surface area contributed by atoms with Crippen molar-refractivity contribution in [2.45, 2.75) is 12.8 Å². The van der Waals surface area contributed by atoms with E-state index < -0.39 is 0 Å². The average Bonchev–Trinajstić information content (AvgIpc) is 2.33. The molecule has 66 valence electrons. The second kappa shape index (κ2) is 3.15. The first-order valence-corrected chi connectivity index (χ1v) is 4.36. The van der Waals surface area contributed by atoms with Gasteiger partial charge in [0.15, 0.2) is 5.82 Å². The van der Waals surface area contributed by atoms with E-state index in [1.807, 2.05) is 7.05 Å². The van der Waals surface area contributed by atoms with Crippen molar-refractivity contribution in [1.29, 1.82) is 0 Å². The fraction of sp³-hybridized carbons (Fsp3) is 0.625. The third-order valence-corrected chi connectivity index (χ3v) is 2.29. The molecule has 0 saturated carbocycles. The van der Waals surface area contributed by atoms with Crippen LogP contribution >= 0.6 is 0 Å². The molecule has 1 aromatic rings. The number of aromatic amines is 1. The third-order valence-electron chi connectivity index (χ3n) is 2.29. The number of anilines is 1. The first-order valence-electron chi connectivity index (χ1n) is 4.36. The van der Waals surface area contributed by atoms with Crippen LogP contribution in [0, 0.1) is 0 Å². The van der Waals surface area contributed by atoms with Gasteiger partial charge in [0.25, 0.3) is 0 Å². The molecule has 0 unspecified atom stereocenters. The molecule has 0 bridgehead atoms. The minimum atomic E-state index is 1.01. The van der Waals surface area contributed by atoms with Crippen LogP contribution in [0.3, 0.4) is 0 Å². The number of fused-ring (bicyclic) bond motifs is 1. The van der Waals surface area contributed by atoms with Gasteiger partial charge >= 0.3 is 0 Å². The van der Waals surface area contributed by atoms with Crippen molar-refractivity contribution in [3.63, 3.8) is 0 Å². The van der Waals surface area contributed by atoms with Crippen molar-refractivity contribution < 1.29 is 0 Å². The summed E-state index contributed by atoms with van der Waals surface area (Å²) in [4.78, 5) is 0. The standard InChI is InChI=1S/C8H14N4/c1-9-8-6-2-4-10-5-3-7(6)11-12-8/h10H,2-5H2,1H3,(H2,9,11,12). The van der Waals surface area contributed by atoms with Crippen LogP contribution in [0.2, 0.25) is 0 Å². The van der Waals surface area contributed by atoms with Crippen molar-refractivity contribution in [2.75, 3.05) is 25.5 Å². The Balaban J connectivity index is 2.32. The molecule has 0 spiro atoms. The molecule has 0 amide bonds. The van der Waals surface area contributed by atoms with Gasteiger partial charge < -0.3 is 10.6 Å². The Morgan fingerprint density at radius 1 is 1.33 bits per heavy atom. The van der Waals surface area contributed by atoms with E-state index in [1.165, 1.54) is 11.3 Å². The molecule has 3 N–H and O–H groups in total. The number of nitrogens with zero attached hydrogens (tertiary/aromatic N) is 1. The van der Waals surface area contributed by atoms with Crippen molar-refractivity contribution in [3.05, 3.63) is 11.3 Å². The fourth-order valence-corrected chi connectivity index (χ4v) is 1.64. The van der Waals surface area contributed by atoms with Gasteiger partial charge in [-0.2, -0.15) is 5.10 Å². The number of rotatable bonds is 1. The monoisotopic (exact) mass is 166 g/mol. The Labute approximate surface area is 71.7 Å². The van der Waals surface area contributed by atoms with Gasteiger partial charge in [0.1, 0.15) is 0 Å². The molecule has 1 aromatic heterocycles. The van der Waals surface area contributed by atoms with Gasteiger partial charge in [0.2, 0.25) is 0 Å². The molecule has 12 heavy (non-hydrogen) atoms. The molecule has 1 aliphatic rings. The Morgan fingerprint density at radius 3 is 3.00 bits per heavy atom. The minimum Gasteiger partial charge on any atom is -0.371 e. The molecule has 0 radical (unpaired) electrons. The summed E-state index contributed by atoms with van der Waals surface area (Å²) in [6.07, 6.45) is 2.13. The van der Waals surface area contributed by atoms with Crippen molar-refractivity contribution in [1.82, 2.24) is 15.5 Å². The molecule has 4 nitrogen and oxygen atoms in total. The van der Waals surface area contributed by atoms with Gasteiger partial charge in [-0.05, 0) is 13.0 Å². The van der Waals surface area contributed by atoms with Crippen LogP contribution in [0.5, 0.6) is 0 Å². The topological polar surface area (TPSA) is 52.7 Å². The van der Waals surface area contributed by atoms with E-state index in [1.54, 1.807) is 0 Å². The summed E-state index contributed by atoms with van der Waals surface area (Å²) < 4.78 is 0. The smallest absolute Gasteiger partial charge is 0.151 e. The predicted octanol–water partition coefficient (Wildman–Crippen LogP) is 0.140. The highest BCUT2D eigenvalue weighted by Gasteiger charge is 2.13. The second-order valence-electron chi connectivity index (χ2n) is 3.03. The van der Waals surface area contributed by atoms with Crippen molar-refractivity contribution >= 4 is 5.82 Å². The number of hydrogen-bond donors (Lipinski definition) is 3. The molecular weight excluding hydrogens is 152 g/mol. The van der Waals surface area contributed by atoms with Gasteiger partial charge in [-0.25, -0.2) is 0 Å². The summed E-state index contributed by atoms with van der Waals surface area (Å²) in [5.41, 5.74) is 2.63. The molecule has 0 atom stereocenters. The van der Waals surface area contributed by atoms with E-state index in [0.717, 1.165) is 31.7 Å². The Morgan fingerprint density at radius 2 is 2.17 bits per heavy atom. The first-order chi connectivity index (χ1) is 5.92. The highest BCUT2D eigenvalue weighted by atomic mass is 15.2. The fourth-order valence-electron chi connectivity index (χ4n) is 1.64. The van der Waals surface area contributed by atoms with Crippen LogP contribution < -0.4 is 10.6 Å². The number of H-pyrrole nitrogens is 1. The third kappa shape index (κ3) is 1.18. The number of aromatic nitrogens is 2. The summed E-state index contributed by atoms with van der Waals surface area (Å²) in [6, 6.07) is 0. The molecule has 1 aliphatic heterocycles. The lowest BCUT2D eigenvalue weighted by Crippen LogP contribution is -2.16. The lowest BCUT2D eigenvalue weighted by atomic mass is 10.1. The van der Waals surface area contributed by atoms with Crippen LogP contribution in [0.25, 0.3) is 0 Å². The zero-order chi connectivity index (χ0) is 8.39. The molecular formula is C8H14N4. The van der Waals surface area contributed by atoms with Gasteiger partial charge in [0.05, 0.1) is 0 Å². The Kier molecular flexibility index (Phi) is 1.99. The lowest BCUT2D eigenvalue weighted by molar-refractivity contribution is 0.703. The molecule has 2 rings (SSSR count). The lowest BCUT2D eigenvalue weighted by Gasteiger charge is -1.99. The molecule has 2 heterocycles. The maximum absolute atomic E-state index is 4.19. The predicted molar refractivity (Wildman–Crippen MR) is 48.4 cm³/mol. The normalized spacial score (nSPS) is 16.8. The quantitative estimate of drug-likeness (QED) is 0.556. The van der Waals surface area contributed by atoms with Crippen LogP contribution in [-0.2, 0) is 12.8 Å². The van der Waals surface area contributed by atoms with Gasteiger partial charge in [-0.15, -0.1) is 0 Å². The van der Waals surface area contributed by atoms with Gasteiger partial charge in [-0.1, -0.05) is 0 Å². The molecule has 0 aromatic carbocycles. The van der Waals surface area contributed by atoms with Crippen molar-refractivity contribution in [2.24, 2.45) is 0 Å². The van der Waals surface area contributed by atoms with Crippen LogP contribution in [0.4, 0.5) is 5.82 Å². The Bertz CT molecular complexity index is 266. The van der Waals surface area contributed by atoms with Crippen LogP contribution in [0.15, 0.2) is 0 Å². The molecule has 0 fully saturated rings. The highest BCUT2D eigenvalue weighted by molar-refractivity contribution is 5.46. The number of nitrogens with one attached hydrogen (secondary N) is 3. The van der Waals surface area contributed by atoms with Gasteiger partial charge in [-0.3, -0.25) is 5.10 Å². The van der Waals surface area contributed by atoms with Crippen LogP contribution in [-0.4, -0.2) is 30.3 Å². The van der Waals surface area contributed by atoms with Crippen LogP contribution in [0.1, 0.15) is 11.3 Å². The van der Waals surface area contributed by atoms with Crippen molar-refractivity contribution in [3.8, 4) is 0 Å². The van der Waals surface area contributed by atoms with E-state index in [4.69, 9.17) is 0 Å². The SMILES string of the molecule is CNc1n[nH]c2c1CCNCC2. The zero-order valence-electron chi connectivity index (χ0n) is 7.28. The van der Waals surface area contributed by atoms with E-state index in [0.29, 0.717) is 0 Å². The van der Waals surface area contributed by atoms with E-state index in [2.05, 4.69) is 20.8 Å². The van der Waals surface area contributed by atoms with E-state index >= 15 is 0 Å². The molecule has 0 saturated heterocycles. The first kappa shape index (κ1) is 7.61. The minimum absolute atomic E-state index is 1.01. The summed E-state index contributed by atoms with van der Waals surface area (Å²) in [6.45, 7) is 2.11. The highest BCUT2D eigenvalue weighted by Crippen LogP contribution is 2.18. The van der Waals surface area contributed by atoms with E-state index in [9.17, 15) is 0 Å². The summed E-state index contributed by atoms with van der Waals surface area (Å²) in [5, 5.41) is 13.7. The maximum atomic E-state index is 4.19. The second-order valence-corrected chi connectivity index (χ2v) is 3.03. The summed E-state index contributed by atoms with van der Waals surface area (Å²) >= 11 is 0. The maximum Gasteiger partial charge on any atom is 0.151 e. The average molecular weight is 166 g/mol. The molecule has 4 heteroatoms. The molecule has 0 aliphatic carbocycles. The summed E-state index contributed by atoms with van der Waals surface area (Å²) in [5.74, 6) is 1.01. The summed E-state index contributed by atoms with van der Waals surface area (Å²) in [7, 11) is 1.91. The number of hydrogen-bond acceptors (Lipinski definition) is 3.